The Labute approximate surface area is 141 Å². The summed E-state index contributed by atoms with van der Waals surface area (Å²) in [5, 5.41) is 14.0. The van der Waals surface area contributed by atoms with Crippen molar-refractivity contribution in [3.63, 3.8) is 0 Å². The molecule has 0 saturated heterocycles. The molecule has 2 N–H and O–H groups in total. The summed E-state index contributed by atoms with van der Waals surface area (Å²) < 4.78 is 13.9. The number of benzene rings is 1. The zero-order chi connectivity index (χ0) is 17.0. The Bertz CT molecular complexity index is 645. The second-order valence-electron chi connectivity index (χ2n) is 5.99. The molecule has 2 aromatic rings. The van der Waals surface area contributed by atoms with Gasteiger partial charge in [-0.25, -0.2) is 9.37 Å². The molecule has 23 heavy (non-hydrogen) atoms. The van der Waals surface area contributed by atoms with Crippen LogP contribution in [-0.4, -0.2) is 48.3 Å². The average molecular weight is 337 g/mol. The van der Waals surface area contributed by atoms with Gasteiger partial charge in [0.15, 0.2) is 0 Å². The number of hydrogen-bond acceptors (Lipinski definition) is 5. The van der Waals surface area contributed by atoms with Crippen LogP contribution >= 0.6 is 11.3 Å². The highest BCUT2D eigenvalue weighted by Crippen LogP contribution is 2.32. The summed E-state index contributed by atoms with van der Waals surface area (Å²) in [7, 11) is 3.86. The number of hydrogen-bond donors (Lipinski definition) is 2. The topological polar surface area (TPSA) is 48.4 Å². The third-order valence-electron chi connectivity index (χ3n) is 3.57. The van der Waals surface area contributed by atoms with Crippen molar-refractivity contribution in [2.24, 2.45) is 0 Å². The van der Waals surface area contributed by atoms with Crippen LogP contribution in [0.5, 0.6) is 0 Å². The molecule has 0 saturated carbocycles. The van der Waals surface area contributed by atoms with Crippen molar-refractivity contribution in [3.8, 4) is 10.6 Å². The zero-order valence-electron chi connectivity index (χ0n) is 14.0. The van der Waals surface area contributed by atoms with Gasteiger partial charge in [-0.15, -0.1) is 11.3 Å². The van der Waals surface area contributed by atoms with E-state index in [1.165, 1.54) is 17.4 Å². The summed E-state index contributed by atoms with van der Waals surface area (Å²) in [6.07, 6.45) is -0.424. The number of aliphatic hydroxyl groups excluding tert-OH is 1. The Morgan fingerprint density at radius 3 is 2.70 bits per heavy atom. The molecule has 1 aromatic carbocycles. The molecule has 6 heteroatoms. The molecule has 4 nitrogen and oxygen atoms in total. The maximum absolute atomic E-state index is 13.9. The third kappa shape index (κ3) is 4.81. The molecule has 0 radical (unpaired) electrons. The molecule has 0 spiro atoms. The minimum atomic E-state index is -0.424. The Balaban J connectivity index is 2.07. The number of halogens is 1. The summed E-state index contributed by atoms with van der Waals surface area (Å²) in [5.74, 6) is -0.255. The Kier molecular flexibility index (Phi) is 6.24. The quantitative estimate of drug-likeness (QED) is 0.816. The molecule has 2 atom stereocenters. The fourth-order valence-electron chi connectivity index (χ4n) is 2.45. The Morgan fingerprint density at radius 1 is 1.35 bits per heavy atom. The van der Waals surface area contributed by atoms with Gasteiger partial charge in [-0.05, 0) is 40.1 Å². The number of rotatable bonds is 7. The Hall–Kier alpha value is -1.34. The van der Waals surface area contributed by atoms with Gasteiger partial charge in [0.2, 0.25) is 0 Å². The number of likely N-dealkylation sites (N-methyl/N-ethyl adjacent to an activating group) is 1. The lowest BCUT2D eigenvalue weighted by atomic mass is 10.2. The van der Waals surface area contributed by atoms with Crippen molar-refractivity contribution in [2.75, 3.05) is 27.2 Å². The molecule has 0 aliphatic heterocycles. The molecule has 0 bridgehead atoms. The molecule has 2 unspecified atom stereocenters. The fraction of sp³-hybridized carbons (Fsp3) is 0.471. The minimum absolute atomic E-state index is 0.0600. The summed E-state index contributed by atoms with van der Waals surface area (Å²) in [6.45, 7) is 5.09. The van der Waals surface area contributed by atoms with E-state index in [0.29, 0.717) is 23.7 Å². The van der Waals surface area contributed by atoms with Crippen LogP contribution in [0.15, 0.2) is 24.3 Å². The lowest BCUT2D eigenvalue weighted by Gasteiger charge is -2.19. The summed E-state index contributed by atoms with van der Waals surface area (Å²) in [5.41, 5.74) is 1.43. The van der Waals surface area contributed by atoms with Gasteiger partial charge >= 0.3 is 0 Å². The van der Waals surface area contributed by atoms with E-state index < -0.39 is 6.10 Å². The van der Waals surface area contributed by atoms with Crippen molar-refractivity contribution in [2.45, 2.75) is 26.0 Å². The first-order chi connectivity index (χ1) is 10.9. The summed E-state index contributed by atoms with van der Waals surface area (Å²) >= 11 is 1.49. The van der Waals surface area contributed by atoms with Crippen LogP contribution in [0.4, 0.5) is 4.39 Å². The molecule has 1 heterocycles. The average Bonchev–Trinajstić information content (AvgIpc) is 2.86. The van der Waals surface area contributed by atoms with E-state index in [9.17, 15) is 9.50 Å². The normalized spacial score (nSPS) is 14.2. The van der Waals surface area contributed by atoms with Crippen LogP contribution in [0.3, 0.4) is 0 Å². The second kappa shape index (κ2) is 7.97. The lowest BCUT2D eigenvalue weighted by molar-refractivity contribution is 0.132. The van der Waals surface area contributed by atoms with Gasteiger partial charge in [0.25, 0.3) is 0 Å². The zero-order valence-corrected chi connectivity index (χ0v) is 14.8. The number of nitrogens with zero attached hydrogens (tertiary/aromatic N) is 2. The molecular weight excluding hydrogens is 313 g/mol. The van der Waals surface area contributed by atoms with E-state index in [-0.39, 0.29) is 11.9 Å². The van der Waals surface area contributed by atoms with Crippen molar-refractivity contribution < 1.29 is 9.50 Å². The largest absolute Gasteiger partial charge is 0.390 e. The van der Waals surface area contributed by atoms with Crippen LogP contribution in [0.1, 0.15) is 23.5 Å². The summed E-state index contributed by atoms with van der Waals surface area (Å²) in [6, 6.07) is 6.75. The molecular formula is C17H24FN3OS. The maximum Gasteiger partial charge on any atom is 0.133 e. The fourth-order valence-corrected chi connectivity index (χ4v) is 3.57. The summed E-state index contributed by atoms with van der Waals surface area (Å²) in [4.78, 5) is 7.53. The molecule has 0 fully saturated rings. The minimum Gasteiger partial charge on any atom is -0.390 e. The lowest BCUT2D eigenvalue weighted by Crippen LogP contribution is -2.36. The SMILES string of the molecule is Cc1nc(-c2ccccc2F)sc1C(C)NCC(O)CN(C)C. The predicted octanol–water partition coefficient (Wildman–Crippen LogP) is 2.83. The van der Waals surface area contributed by atoms with Gasteiger partial charge in [0.05, 0.1) is 11.8 Å². The monoisotopic (exact) mass is 337 g/mol. The van der Waals surface area contributed by atoms with E-state index in [2.05, 4.69) is 10.3 Å². The van der Waals surface area contributed by atoms with Crippen LogP contribution in [0, 0.1) is 12.7 Å². The van der Waals surface area contributed by atoms with Gasteiger partial charge in [-0.2, -0.15) is 0 Å². The first-order valence-electron chi connectivity index (χ1n) is 7.67. The number of nitrogens with one attached hydrogen (secondary N) is 1. The van der Waals surface area contributed by atoms with Crippen LogP contribution in [0.2, 0.25) is 0 Å². The van der Waals surface area contributed by atoms with Crippen molar-refractivity contribution in [1.82, 2.24) is 15.2 Å². The number of aryl methyl sites for hydroxylation is 1. The van der Waals surface area contributed by atoms with Gasteiger partial charge in [0.1, 0.15) is 10.8 Å². The van der Waals surface area contributed by atoms with Crippen molar-refractivity contribution in [1.29, 1.82) is 0 Å². The Morgan fingerprint density at radius 2 is 2.04 bits per heavy atom. The van der Waals surface area contributed by atoms with E-state index in [1.807, 2.05) is 38.9 Å². The number of aromatic nitrogens is 1. The van der Waals surface area contributed by atoms with Gasteiger partial charge < -0.3 is 15.3 Å². The third-order valence-corrected chi connectivity index (χ3v) is 4.94. The van der Waals surface area contributed by atoms with E-state index in [1.54, 1.807) is 12.1 Å². The van der Waals surface area contributed by atoms with E-state index in [4.69, 9.17) is 0 Å². The van der Waals surface area contributed by atoms with Crippen LogP contribution in [0.25, 0.3) is 10.6 Å². The number of aliphatic hydroxyl groups is 1. The van der Waals surface area contributed by atoms with Crippen LogP contribution < -0.4 is 5.32 Å². The molecule has 0 aliphatic rings. The highest BCUT2D eigenvalue weighted by molar-refractivity contribution is 7.15. The molecule has 0 aliphatic carbocycles. The van der Waals surface area contributed by atoms with Gasteiger partial charge in [0, 0.05) is 29.6 Å². The highest BCUT2D eigenvalue weighted by atomic mass is 32.1. The van der Waals surface area contributed by atoms with Crippen LogP contribution in [-0.2, 0) is 0 Å². The van der Waals surface area contributed by atoms with Crippen molar-refractivity contribution >= 4 is 11.3 Å². The first kappa shape index (κ1) is 18.0. The highest BCUT2D eigenvalue weighted by Gasteiger charge is 2.17. The van der Waals surface area contributed by atoms with Crippen molar-refractivity contribution in [3.05, 3.63) is 40.7 Å². The molecule has 1 aromatic heterocycles. The molecule has 2 rings (SSSR count). The smallest absolute Gasteiger partial charge is 0.133 e. The maximum atomic E-state index is 13.9. The molecule has 126 valence electrons. The van der Waals surface area contributed by atoms with Gasteiger partial charge in [-0.1, -0.05) is 12.1 Å². The second-order valence-corrected chi connectivity index (χ2v) is 7.03. The van der Waals surface area contributed by atoms with E-state index >= 15 is 0 Å². The predicted molar refractivity (Wildman–Crippen MR) is 93.2 cm³/mol. The van der Waals surface area contributed by atoms with E-state index in [0.717, 1.165) is 10.6 Å². The van der Waals surface area contributed by atoms with Gasteiger partial charge in [-0.3, -0.25) is 0 Å². The standard InChI is InChI=1S/C17H24FN3OS/c1-11(19-9-13(22)10-21(3)4)16-12(2)20-17(23-16)14-7-5-6-8-15(14)18/h5-8,11,13,19,22H,9-10H2,1-4H3. The number of thiazole rings is 1. The first-order valence-corrected chi connectivity index (χ1v) is 8.48. The molecule has 0 amide bonds.